The van der Waals surface area contributed by atoms with Crippen molar-refractivity contribution in [1.29, 1.82) is 0 Å². The summed E-state index contributed by atoms with van der Waals surface area (Å²) in [6.07, 6.45) is -0.871. The van der Waals surface area contributed by atoms with Gasteiger partial charge in [0.2, 0.25) is 5.89 Å². The minimum absolute atomic E-state index is 0.165. The summed E-state index contributed by atoms with van der Waals surface area (Å²) < 4.78 is 29.5. The van der Waals surface area contributed by atoms with Crippen LogP contribution in [0.3, 0.4) is 0 Å². The highest BCUT2D eigenvalue weighted by Gasteiger charge is 2.15. The zero-order valence-electron chi connectivity index (χ0n) is 9.77. The second-order valence-corrected chi connectivity index (χ2v) is 3.70. The van der Waals surface area contributed by atoms with Gasteiger partial charge < -0.3 is 9.63 Å². The molecule has 1 N–H and O–H groups in total. The van der Waals surface area contributed by atoms with Crippen molar-refractivity contribution >= 4 is 0 Å². The summed E-state index contributed by atoms with van der Waals surface area (Å²) in [5, 5.41) is 12.5. The second-order valence-electron chi connectivity index (χ2n) is 3.70. The van der Waals surface area contributed by atoms with E-state index in [1.54, 1.807) is 0 Å². The number of halogens is 2. The summed E-state index contributed by atoms with van der Waals surface area (Å²) in [7, 11) is 0. The lowest BCUT2D eigenvalue weighted by Gasteiger charge is -2.18. The molecule has 1 aromatic rings. The van der Waals surface area contributed by atoms with Crippen LogP contribution in [0.15, 0.2) is 4.52 Å². The van der Waals surface area contributed by atoms with Crippen LogP contribution in [-0.4, -0.2) is 46.3 Å². The van der Waals surface area contributed by atoms with E-state index in [1.165, 1.54) is 4.90 Å². The summed E-state index contributed by atoms with van der Waals surface area (Å²) in [4.78, 5) is 5.48. The number of aromatic nitrogens is 2. The monoisotopic (exact) mass is 249 g/mol. The lowest BCUT2D eigenvalue weighted by atomic mass is 10.3. The SMILES string of the molecule is CCCc1nc(CN(CCO)CC(F)F)no1. The van der Waals surface area contributed by atoms with Gasteiger partial charge in [0, 0.05) is 13.0 Å². The van der Waals surface area contributed by atoms with Gasteiger partial charge in [0.25, 0.3) is 6.43 Å². The van der Waals surface area contributed by atoms with E-state index in [4.69, 9.17) is 9.63 Å². The van der Waals surface area contributed by atoms with Crippen molar-refractivity contribution in [3.63, 3.8) is 0 Å². The molecule has 0 aliphatic carbocycles. The molecule has 0 bridgehead atoms. The summed E-state index contributed by atoms with van der Waals surface area (Å²) in [5.41, 5.74) is 0. The van der Waals surface area contributed by atoms with Gasteiger partial charge in [0.1, 0.15) is 0 Å². The molecule has 0 radical (unpaired) electrons. The molecule has 0 atom stereocenters. The Hall–Kier alpha value is -1.08. The third-order valence-corrected chi connectivity index (χ3v) is 2.15. The smallest absolute Gasteiger partial charge is 0.251 e. The molecule has 1 rings (SSSR count). The summed E-state index contributed by atoms with van der Waals surface area (Å²) >= 11 is 0. The lowest BCUT2D eigenvalue weighted by Crippen LogP contribution is -2.31. The van der Waals surface area contributed by atoms with Crippen LogP contribution in [0.25, 0.3) is 0 Å². The maximum Gasteiger partial charge on any atom is 0.251 e. The Balaban J connectivity index is 2.52. The molecule has 98 valence electrons. The highest BCUT2D eigenvalue weighted by molar-refractivity contribution is 4.86. The number of aryl methyl sites for hydroxylation is 1. The number of nitrogens with zero attached hydrogens (tertiary/aromatic N) is 3. The Morgan fingerprint density at radius 2 is 2.24 bits per heavy atom. The number of aliphatic hydroxyl groups excluding tert-OH is 1. The van der Waals surface area contributed by atoms with Gasteiger partial charge in [-0.1, -0.05) is 12.1 Å². The van der Waals surface area contributed by atoms with Gasteiger partial charge in [-0.25, -0.2) is 8.78 Å². The predicted molar refractivity (Wildman–Crippen MR) is 56.7 cm³/mol. The molecule has 0 saturated heterocycles. The summed E-state index contributed by atoms with van der Waals surface area (Å²) in [6, 6.07) is 0. The van der Waals surface area contributed by atoms with Crippen LogP contribution in [0.2, 0.25) is 0 Å². The fourth-order valence-electron chi connectivity index (χ4n) is 1.44. The van der Waals surface area contributed by atoms with E-state index in [1.807, 2.05) is 6.92 Å². The quantitative estimate of drug-likeness (QED) is 0.747. The maximum absolute atomic E-state index is 12.2. The molecule has 0 fully saturated rings. The first-order chi connectivity index (χ1) is 8.15. The van der Waals surface area contributed by atoms with Crippen molar-refractivity contribution < 1.29 is 18.4 Å². The maximum atomic E-state index is 12.2. The van der Waals surface area contributed by atoms with Crippen molar-refractivity contribution in [2.75, 3.05) is 19.7 Å². The third kappa shape index (κ3) is 5.18. The fraction of sp³-hybridized carbons (Fsp3) is 0.800. The summed E-state index contributed by atoms with van der Waals surface area (Å²) in [6.45, 7) is 1.74. The molecule has 0 aliphatic heterocycles. The molecule has 0 spiro atoms. The van der Waals surface area contributed by atoms with Crippen LogP contribution >= 0.6 is 0 Å². The van der Waals surface area contributed by atoms with Crippen LogP contribution in [0.5, 0.6) is 0 Å². The first-order valence-electron chi connectivity index (χ1n) is 5.58. The zero-order chi connectivity index (χ0) is 12.7. The van der Waals surface area contributed by atoms with Gasteiger partial charge in [0.15, 0.2) is 5.82 Å². The van der Waals surface area contributed by atoms with Gasteiger partial charge in [-0.15, -0.1) is 0 Å². The largest absolute Gasteiger partial charge is 0.395 e. The van der Waals surface area contributed by atoms with E-state index in [0.717, 1.165) is 6.42 Å². The molecule has 0 amide bonds. The summed E-state index contributed by atoms with van der Waals surface area (Å²) in [5.74, 6) is 0.894. The van der Waals surface area contributed by atoms with Gasteiger partial charge in [0.05, 0.1) is 19.7 Å². The molecule has 0 aromatic carbocycles. The van der Waals surface area contributed by atoms with Gasteiger partial charge >= 0.3 is 0 Å². The fourth-order valence-corrected chi connectivity index (χ4v) is 1.44. The molecule has 1 heterocycles. The number of alkyl halides is 2. The van der Waals surface area contributed by atoms with Crippen molar-refractivity contribution in [2.45, 2.75) is 32.7 Å². The minimum atomic E-state index is -2.44. The molecule has 1 aromatic heterocycles. The van der Waals surface area contributed by atoms with E-state index in [2.05, 4.69) is 10.1 Å². The average molecular weight is 249 g/mol. The van der Waals surface area contributed by atoms with Gasteiger partial charge in [-0.05, 0) is 6.42 Å². The minimum Gasteiger partial charge on any atom is -0.395 e. The number of hydrogen-bond donors (Lipinski definition) is 1. The van der Waals surface area contributed by atoms with E-state index < -0.39 is 13.0 Å². The van der Waals surface area contributed by atoms with Crippen LogP contribution in [0.4, 0.5) is 8.78 Å². The van der Waals surface area contributed by atoms with Crippen LogP contribution in [-0.2, 0) is 13.0 Å². The van der Waals surface area contributed by atoms with E-state index >= 15 is 0 Å². The molecule has 0 unspecified atom stereocenters. The molecule has 5 nitrogen and oxygen atoms in total. The Morgan fingerprint density at radius 1 is 1.47 bits per heavy atom. The van der Waals surface area contributed by atoms with Crippen molar-refractivity contribution in [3.05, 3.63) is 11.7 Å². The zero-order valence-corrected chi connectivity index (χ0v) is 9.77. The van der Waals surface area contributed by atoms with Crippen molar-refractivity contribution in [3.8, 4) is 0 Å². The first kappa shape index (κ1) is 14.0. The highest BCUT2D eigenvalue weighted by atomic mass is 19.3. The molecule has 0 aliphatic rings. The Kier molecular flexibility index (Phi) is 5.99. The average Bonchev–Trinajstić information content (AvgIpc) is 2.65. The van der Waals surface area contributed by atoms with Crippen molar-refractivity contribution in [1.82, 2.24) is 15.0 Å². The highest BCUT2D eigenvalue weighted by Crippen LogP contribution is 2.06. The predicted octanol–water partition coefficient (Wildman–Crippen LogP) is 1.08. The number of rotatable bonds is 8. The van der Waals surface area contributed by atoms with Crippen LogP contribution in [0.1, 0.15) is 25.1 Å². The molecule has 7 heteroatoms. The van der Waals surface area contributed by atoms with E-state index in [9.17, 15) is 8.78 Å². The van der Waals surface area contributed by atoms with E-state index in [-0.39, 0.29) is 19.7 Å². The van der Waals surface area contributed by atoms with Gasteiger partial charge in [-0.3, -0.25) is 4.90 Å². The Morgan fingerprint density at radius 3 is 2.82 bits per heavy atom. The first-order valence-corrected chi connectivity index (χ1v) is 5.58. The van der Waals surface area contributed by atoms with Gasteiger partial charge in [-0.2, -0.15) is 4.98 Å². The molecule has 17 heavy (non-hydrogen) atoms. The van der Waals surface area contributed by atoms with Crippen LogP contribution < -0.4 is 0 Å². The number of hydrogen-bond acceptors (Lipinski definition) is 5. The second kappa shape index (κ2) is 7.29. The molecular weight excluding hydrogens is 232 g/mol. The lowest BCUT2D eigenvalue weighted by molar-refractivity contribution is 0.0729. The van der Waals surface area contributed by atoms with E-state index in [0.29, 0.717) is 18.1 Å². The van der Waals surface area contributed by atoms with Crippen molar-refractivity contribution in [2.24, 2.45) is 0 Å². The third-order valence-electron chi connectivity index (χ3n) is 2.15. The molecular formula is C10H17F2N3O2. The number of aliphatic hydroxyl groups is 1. The Labute approximate surface area is 98.4 Å². The Bertz CT molecular complexity index is 320. The van der Waals surface area contributed by atoms with Crippen LogP contribution in [0, 0.1) is 0 Å². The normalized spacial score (nSPS) is 11.6. The topological polar surface area (TPSA) is 62.4 Å². The molecule has 0 saturated carbocycles. The standard InChI is InChI=1S/C10H17F2N3O2/c1-2-3-10-13-9(14-17-10)7-15(4-5-16)6-8(11)12/h8,16H,2-7H2,1H3.